The normalized spacial score (nSPS) is 11.4. The molecule has 9 heteroatoms. The standard InChI is InChI=1S/C16H18N2O6S/c1-5-12(19)11-8-6-7-9-13(11)24-25(22,23)14-10(2)17(3)16(21)18(4)15(14)20/h6-9H,5H2,1-4H3. The molecule has 0 spiro atoms. The fourth-order valence-corrected chi connectivity index (χ4v) is 3.64. The number of nitrogens with zero attached hydrogens (tertiary/aromatic N) is 2. The van der Waals surface area contributed by atoms with Crippen LogP contribution in [0.5, 0.6) is 5.75 Å². The van der Waals surface area contributed by atoms with Gasteiger partial charge in [0.2, 0.25) is 0 Å². The van der Waals surface area contributed by atoms with Gasteiger partial charge in [-0.15, -0.1) is 0 Å². The average Bonchev–Trinajstić information content (AvgIpc) is 2.57. The minimum atomic E-state index is -4.55. The molecule has 0 atom stereocenters. The molecule has 1 aromatic carbocycles. The molecular formula is C16H18N2O6S. The summed E-state index contributed by atoms with van der Waals surface area (Å²) < 4.78 is 32.1. The van der Waals surface area contributed by atoms with Crippen molar-refractivity contribution in [3.05, 3.63) is 56.4 Å². The van der Waals surface area contributed by atoms with Crippen LogP contribution in [-0.2, 0) is 24.2 Å². The smallest absolute Gasteiger partial charge is 0.346 e. The van der Waals surface area contributed by atoms with Crippen molar-refractivity contribution >= 4 is 15.9 Å². The van der Waals surface area contributed by atoms with Crippen molar-refractivity contribution in [2.75, 3.05) is 0 Å². The van der Waals surface area contributed by atoms with E-state index < -0.39 is 26.3 Å². The molecule has 0 aliphatic rings. The highest BCUT2D eigenvalue weighted by atomic mass is 32.2. The molecule has 1 heterocycles. The molecule has 0 N–H and O–H groups in total. The predicted molar refractivity (Wildman–Crippen MR) is 90.5 cm³/mol. The van der Waals surface area contributed by atoms with Crippen molar-refractivity contribution in [1.29, 1.82) is 0 Å². The minimum Gasteiger partial charge on any atom is -0.378 e. The molecule has 8 nitrogen and oxygen atoms in total. The zero-order valence-corrected chi connectivity index (χ0v) is 15.1. The van der Waals surface area contributed by atoms with Gasteiger partial charge >= 0.3 is 15.8 Å². The summed E-state index contributed by atoms with van der Waals surface area (Å²) in [7, 11) is -2.02. The molecule has 0 aliphatic carbocycles. The van der Waals surface area contributed by atoms with Crippen molar-refractivity contribution in [2.24, 2.45) is 14.1 Å². The Hall–Kier alpha value is -2.68. The quantitative estimate of drug-likeness (QED) is 0.571. The molecule has 2 aromatic rings. The predicted octanol–water partition coefficient (Wildman–Crippen LogP) is 0.753. The Morgan fingerprint density at radius 1 is 1.12 bits per heavy atom. The summed E-state index contributed by atoms with van der Waals surface area (Å²) in [5, 5.41) is 0. The number of aromatic nitrogens is 2. The zero-order chi connectivity index (χ0) is 18.9. The van der Waals surface area contributed by atoms with E-state index in [2.05, 4.69) is 0 Å². The monoisotopic (exact) mass is 366 g/mol. The fourth-order valence-electron chi connectivity index (χ4n) is 2.32. The van der Waals surface area contributed by atoms with E-state index in [1.165, 1.54) is 39.2 Å². The van der Waals surface area contributed by atoms with Gasteiger partial charge in [0.25, 0.3) is 5.56 Å². The van der Waals surface area contributed by atoms with E-state index in [4.69, 9.17) is 4.18 Å². The Bertz CT molecular complexity index is 1060. The Labute approximate surface area is 144 Å². The van der Waals surface area contributed by atoms with Crippen molar-refractivity contribution in [1.82, 2.24) is 9.13 Å². The number of hydrogen-bond donors (Lipinski definition) is 0. The van der Waals surface area contributed by atoms with Gasteiger partial charge < -0.3 is 4.18 Å². The van der Waals surface area contributed by atoms with Crippen LogP contribution in [0.4, 0.5) is 0 Å². The van der Waals surface area contributed by atoms with Crippen LogP contribution >= 0.6 is 0 Å². The number of benzene rings is 1. The lowest BCUT2D eigenvalue weighted by molar-refractivity contribution is 0.0986. The number of para-hydroxylation sites is 1. The van der Waals surface area contributed by atoms with E-state index in [-0.39, 0.29) is 29.2 Å². The van der Waals surface area contributed by atoms with Gasteiger partial charge in [0, 0.05) is 26.2 Å². The van der Waals surface area contributed by atoms with Crippen LogP contribution in [0.1, 0.15) is 29.4 Å². The lowest BCUT2D eigenvalue weighted by atomic mass is 10.1. The van der Waals surface area contributed by atoms with Crippen LogP contribution in [-0.4, -0.2) is 23.3 Å². The first kappa shape index (κ1) is 18.7. The Kier molecular flexibility index (Phi) is 4.98. The molecule has 0 saturated carbocycles. The second kappa shape index (κ2) is 6.67. The summed E-state index contributed by atoms with van der Waals surface area (Å²) in [6.45, 7) is 2.97. The molecule has 0 bridgehead atoms. The Morgan fingerprint density at radius 2 is 1.72 bits per heavy atom. The Morgan fingerprint density at radius 3 is 2.32 bits per heavy atom. The van der Waals surface area contributed by atoms with E-state index in [1.807, 2.05) is 0 Å². The van der Waals surface area contributed by atoms with Gasteiger partial charge in [0.15, 0.2) is 16.4 Å². The minimum absolute atomic E-state index is 0.0487. The topological polar surface area (TPSA) is 104 Å². The van der Waals surface area contributed by atoms with Crippen LogP contribution in [0.25, 0.3) is 0 Å². The number of ketones is 1. The van der Waals surface area contributed by atoms with Gasteiger partial charge in [-0.05, 0) is 19.1 Å². The molecule has 25 heavy (non-hydrogen) atoms. The molecule has 1 aromatic heterocycles. The molecule has 0 amide bonds. The maximum absolute atomic E-state index is 12.7. The average molecular weight is 366 g/mol. The summed E-state index contributed by atoms with van der Waals surface area (Å²) in [6.07, 6.45) is 0.168. The molecule has 0 saturated heterocycles. The van der Waals surface area contributed by atoms with E-state index in [0.29, 0.717) is 4.57 Å². The third-order valence-electron chi connectivity index (χ3n) is 3.86. The Balaban J connectivity index is 2.66. The van der Waals surface area contributed by atoms with Gasteiger partial charge in [-0.25, -0.2) is 4.79 Å². The first-order valence-corrected chi connectivity index (χ1v) is 8.86. The number of carbonyl (C=O) groups excluding carboxylic acids is 1. The van der Waals surface area contributed by atoms with E-state index in [1.54, 1.807) is 13.0 Å². The van der Waals surface area contributed by atoms with Crippen LogP contribution < -0.4 is 15.4 Å². The SMILES string of the molecule is CCC(=O)c1ccccc1OS(=O)(=O)c1c(C)n(C)c(=O)n(C)c1=O. The molecule has 0 aliphatic heterocycles. The van der Waals surface area contributed by atoms with Crippen LogP contribution in [0.15, 0.2) is 38.8 Å². The third kappa shape index (κ3) is 3.27. The third-order valence-corrected chi connectivity index (χ3v) is 5.23. The largest absolute Gasteiger partial charge is 0.378 e. The molecule has 0 radical (unpaired) electrons. The number of rotatable bonds is 5. The van der Waals surface area contributed by atoms with E-state index in [9.17, 15) is 22.8 Å². The molecule has 2 rings (SSSR count). The zero-order valence-electron chi connectivity index (χ0n) is 14.3. The second-order valence-corrected chi connectivity index (χ2v) is 6.91. The number of carbonyl (C=O) groups is 1. The van der Waals surface area contributed by atoms with Crippen molar-refractivity contribution in [2.45, 2.75) is 25.2 Å². The van der Waals surface area contributed by atoms with Gasteiger partial charge in [-0.2, -0.15) is 8.42 Å². The van der Waals surface area contributed by atoms with E-state index >= 15 is 0 Å². The second-order valence-electron chi connectivity index (χ2n) is 5.43. The van der Waals surface area contributed by atoms with Crippen molar-refractivity contribution in [3.8, 4) is 5.75 Å². The first-order chi connectivity index (χ1) is 11.6. The summed E-state index contributed by atoms with van der Waals surface area (Å²) in [4.78, 5) is 35.5. The van der Waals surface area contributed by atoms with Gasteiger partial charge in [0.05, 0.1) is 5.56 Å². The number of hydrogen-bond acceptors (Lipinski definition) is 6. The highest BCUT2D eigenvalue weighted by Crippen LogP contribution is 2.24. The summed E-state index contributed by atoms with van der Waals surface area (Å²) >= 11 is 0. The lowest BCUT2D eigenvalue weighted by Gasteiger charge is -2.14. The highest BCUT2D eigenvalue weighted by Gasteiger charge is 2.28. The number of Topliss-reactive ketones (excluding diaryl/α,β-unsaturated/α-hetero) is 1. The molecule has 0 unspecified atom stereocenters. The molecule has 0 fully saturated rings. The lowest BCUT2D eigenvalue weighted by Crippen LogP contribution is -2.41. The van der Waals surface area contributed by atoms with E-state index in [0.717, 1.165) is 4.57 Å². The fraction of sp³-hybridized carbons (Fsp3) is 0.312. The summed E-state index contributed by atoms with van der Waals surface area (Å²) in [6, 6.07) is 5.88. The van der Waals surface area contributed by atoms with Crippen LogP contribution in [0.3, 0.4) is 0 Å². The van der Waals surface area contributed by atoms with Crippen LogP contribution in [0.2, 0.25) is 0 Å². The molecule has 134 valence electrons. The maximum Gasteiger partial charge on any atom is 0.346 e. The summed E-state index contributed by atoms with van der Waals surface area (Å²) in [5.41, 5.74) is -1.58. The van der Waals surface area contributed by atoms with Gasteiger partial charge in [-0.3, -0.25) is 18.7 Å². The van der Waals surface area contributed by atoms with Crippen molar-refractivity contribution < 1.29 is 17.4 Å². The summed E-state index contributed by atoms with van der Waals surface area (Å²) in [5.74, 6) is -0.458. The highest BCUT2D eigenvalue weighted by molar-refractivity contribution is 7.87. The maximum atomic E-state index is 12.7. The first-order valence-electron chi connectivity index (χ1n) is 7.45. The molecular weight excluding hydrogens is 348 g/mol. The van der Waals surface area contributed by atoms with Gasteiger partial charge in [0.1, 0.15) is 0 Å². The van der Waals surface area contributed by atoms with Crippen molar-refractivity contribution in [3.63, 3.8) is 0 Å². The van der Waals surface area contributed by atoms with Crippen LogP contribution in [0, 0.1) is 6.92 Å². The van der Waals surface area contributed by atoms with Gasteiger partial charge in [-0.1, -0.05) is 19.1 Å².